The van der Waals surface area contributed by atoms with Crippen LogP contribution in [0.4, 0.5) is 11.4 Å². The number of hydrogen-bond acceptors (Lipinski definition) is 4. The summed E-state index contributed by atoms with van der Waals surface area (Å²) in [5.41, 5.74) is 1.76. The Balaban J connectivity index is 1.12. The number of aliphatic hydroxyl groups excluding tert-OH is 1. The van der Waals surface area contributed by atoms with Crippen molar-refractivity contribution >= 4 is 29.4 Å². The van der Waals surface area contributed by atoms with Crippen molar-refractivity contribution in [1.82, 2.24) is 5.32 Å². The monoisotopic (exact) mass is 434 g/mol. The number of nitrogens with zero attached hydrogens (tertiary/aromatic N) is 2. The Morgan fingerprint density at radius 1 is 1.12 bits per heavy atom. The van der Waals surface area contributed by atoms with Crippen LogP contribution in [0.2, 0.25) is 0 Å². The molecule has 0 radical (unpaired) electrons. The van der Waals surface area contributed by atoms with E-state index in [-0.39, 0.29) is 29.4 Å². The van der Waals surface area contributed by atoms with Crippen LogP contribution in [0.1, 0.15) is 44.9 Å². The van der Waals surface area contributed by atoms with Crippen LogP contribution in [0, 0.1) is 23.2 Å². The summed E-state index contributed by atoms with van der Waals surface area (Å²) in [6.45, 7) is 1.79. The minimum atomic E-state index is -0.244. The quantitative estimate of drug-likeness (QED) is 0.715. The van der Waals surface area contributed by atoms with Crippen LogP contribution in [0.3, 0.4) is 0 Å². The zero-order chi connectivity index (χ0) is 21.9. The minimum absolute atomic E-state index is 0.0179. The second kappa shape index (κ2) is 7.55. The van der Waals surface area contributed by atoms with Crippen LogP contribution < -0.4 is 10.2 Å². The van der Waals surface area contributed by atoms with Gasteiger partial charge < -0.3 is 15.3 Å². The maximum atomic E-state index is 13.5. The summed E-state index contributed by atoms with van der Waals surface area (Å²) in [5.74, 6) is 1.49. The lowest BCUT2D eigenvalue weighted by Gasteiger charge is -2.58. The Kier molecular flexibility index (Phi) is 4.75. The van der Waals surface area contributed by atoms with Gasteiger partial charge in [-0.1, -0.05) is 0 Å². The molecule has 4 bridgehead atoms. The molecule has 4 aliphatic carbocycles. The fourth-order valence-electron chi connectivity index (χ4n) is 7.35. The van der Waals surface area contributed by atoms with Crippen LogP contribution >= 0.6 is 0 Å². The fraction of sp³-hybridized carbons (Fsp3) is 0.577. The van der Waals surface area contributed by atoms with Crippen LogP contribution in [0.25, 0.3) is 0 Å². The number of rotatable bonds is 4. The Bertz CT molecular complexity index is 982. The summed E-state index contributed by atoms with van der Waals surface area (Å²) in [6.07, 6.45) is 11.9. The zero-order valence-corrected chi connectivity index (χ0v) is 18.5. The lowest BCUT2D eigenvalue weighted by Crippen LogP contribution is -2.60. The molecule has 7 rings (SSSR count). The van der Waals surface area contributed by atoms with E-state index in [1.54, 1.807) is 22.9 Å². The van der Waals surface area contributed by atoms with E-state index in [2.05, 4.69) is 22.3 Å². The van der Waals surface area contributed by atoms with Crippen LogP contribution in [0.15, 0.2) is 36.4 Å². The lowest BCUT2D eigenvalue weighted by molar-refractivity contribution is -0.353. The second-order valence-corrected chi connectivity index (χ2v) is 10.7. The topological polar surface area (TPSA) is 72.7 Å². The summed E-state index contributed by atoms with van der Waals surface area (Å²) in [4.78, 5) is 27.7. The van der Waals surface area contributed by atoms with Crippen molar-refractivity contribution in [1.29, 1.82) is 0 Å². The zero-order valence-electron chi connectivity index (χ0n) is 18.5. The molecule has 0 aromatic heterocycles. The molecule has 32 heavy (non-hydrogen) atoms. The predicted octanol–water partition coefficient (Wildman–Crippen LogP) is 2.77. The van der Waals surface area contributed by atoms with Gasteiger partial charge in [0.1, 0.15) is 0 Å². The van der Waals surface area contributed by atoms with Gasteiger partial charge in [-0.15, -0.1) is 4.58 Å². The maximum Gasteiger partial charge on any atom is 0.418 e. The molecular weight excluding hydrogens is 402 g/mol. The van der Waals surface area contributed by atoms with Crippen molar-refractivity contribution in [3.63, 3.8) is 0 Å². The Morgan fingerprint density at radius 2 is 1.88 bits per heavy atom. The first-order valence-corrected chi connectivity index (χ1v) is 12.2. The Labute approximate surface area is 189 Å². The van der Waals surface area contributed by atoms with Gasteiger partial charge in [0, 0.05) is 43.0 Å². The molecule has 0 spiro atoms. The summed E-state index contributed by atoms with van der Waals surface area (Å²) < 4.78 is 1.64. The van der Waals surface area contributed by atoms with Crippen LogP contribution in [0.5, 0.6) is 0 Å². The number of piperidine rings is 1. The van der Waals surface area contributed by atoms with Crippen molar-refractivity contribution in [2.75, 3.05) is 18.0 Å². The number of anilines is 1. The molecule has 2 aliphatic heterocycles. The second-order valence-electron chi connectivity index (χ2n) is 10.7. The lowest BCUT2D eigenvalue weighted by atomic mass is 9.48. The Morgan fingerprint density at radius 3 is 2.56 bits per heavy atom. The molecule has 2 unspecified atom stereocenters. The molecule has 6 nitrogen and oxygen atoms in total. The van der Waals surface area contributed by atoms with Crippen LogP contribution in [-0.4, -0.2) is 52.9 Å². The van der Waals surface area contributed by atoms with Gasteiger partial charge in [0.05, 0.1) is 17.6 Å². The smallest absolute Gasteiger partial charge is 0.393 e. The summed E-state index contributed by atoms with van der Waals surface area (Å²) in [7, 11) is 0. The summed E-state index contributed by atoms with van der Waals surface area (Å²) in [5, 5.41) is 14.0. The van der Waals surface area contributed by atoms with Gasteiger partial charge in [0.15, 0.2) is 6.21 Å². The normalized spacial score (nSPS) is 37.7. The molecule has 2 amide bonds. The SMILES string of the molecule is O=C1C=CC=[N+]1c1ccc(N2CCC[C@H](NC(=O)C34CC5CC(C3)C(O)C(C5)C4)C2)cc1. The molecule has 1 aromatic carbocycles. The number of carbonyl (C=O) groups is 2. The molecule has 6 aliphatic rings. The molecule has 1 saturated heterocycles. The average molecular weight is 435 g/mol. The highest BCUT2D eigenvalue weighted by molar-refractivity contribution is 5.95. The molecule has 4 saturated carbocycles. The van der Waals surface area contributed by atoms with Crippen LogP contribution in [-0.2, 0) is 9.59 Å². The first-order chi connectivity index (χ1) is 15.5. The van der Waals surface area contributed by atoms with Gasteiger partial charge in [-0.25, -0.2) is 4.79 Å². The third-order valence-electron chi connectivity index (χ3n) is 8.67. The van der Waals surface area contributed by atoms with E-state index in [4.69, 9.17) is 0 Å². The van der Waals surface area contributed by atoms with Gasteiger partial charge in [-0.3, -0.25) is 4.79 Å². The van der Waals surface area contributed by atoms with Gasteiger partial charge in [0.2, 0.25) is 11.6 Å². The third-order valence-corrected chi connectivity index (χ3v) is 8.67. The molecule has 6 heteroatoms. The molecule has 1 aromatic rings. The number of allylic oxidation sites excluding steroid dienone is 1. The van der Waals surface area contributed by atoms with E-state index in [1.807, 2.05) is 12.1 Å². The van der Waals surface area contributed by atoms with E-state index >= 15 is 0 Å². The van der Waals surface area contributed by atoms with E-state index in [0.29, 0.717) is 17.8 Å². The van der Waals surface area contributed by atoms with E-state index in [0.717, 1.165) is 69.4 Å². The number of aliphatic hydroxyl groups is 1. The van der Waals surface area contributed by atoms with E-state index in [9.17, 15) is 14.7 Å². The number of hydrogen-bond donors (Lipinski definition) is 2. The van der Waals surface area contributed by atoms with Crippen molar-refractivity contribution in [2.45, 2.75) is 57.1 Å². The number of nitrogens with one attached hydrogen (secondary N) is 1. The number of carbonyl (C=O) groups excluding carboxylic acids is 2. The maximum absolute atomic E-state index is 13.5. The largest absolute Gasteiger partial charge is 0.418 e. The third kappa shape index (κ3) is 3.31. The molecule has 168 valence electrons. The summed E-state index contributed by atoms with van der Waals surface area (Å²) in [6, 6.07) is 8.27. The molecule has 2 heterocycles. The van der Waals surface area contributed by atoms with Crippen molar-refractivity contribution in [3.8, 4) is 0 Å². The van der Waals surface area contributed by atoms with Crippen molar-refractivity contribution in [3.05, 3.63) is 36.4 Å². The molecule has 3 atom stereocenters. The summed E-state index contributed by atoms with van der Waals surface area (Å²) >= 11 is 0. The van der Waals surface area contributed by atoms with Gasteiger partial charge >= 0.3 is 5.91 Å². The average Bonchev–Trinajstić information content (AvgIpc) is 3.23. The first kappa shape index (κ1) is 20.2. The van der Waals surface area contributed by atoms with Gasteiger partial charge in [-0.2, -0.15) is 0 Å². The molecule has 5 fully saturated rings. The van der Waals surface area contributed by atoms with Crippen molar-refractivity contribution < 1.29 is 19.3 Å². The Hall–Kier alpha value is -2.47. The van der Waals surface area contributed by atoms with Crippen molar-refractivity contribution in [2.24, 2.45) is 23.2 Å². The minimum Gasteiger partial charge on any atom is -0.393 e. The molecule has 2 N–H and O–H groups in total. The van der Waals surface area contributed by atoms with Gasteiger partial charge in [0.25, 0.3) is 0 Å². The fourth-order valence-corrected chi connectivity index (χ4v) is 7.35. The molecular formula is C26H32N3O3+. The highest BCUT2D eigenvalue weighted by Gasteiger charge is 2.58. The first-order valence-electron chi connectivity index (χ1n) is 12.2. The predicted molar refractivity (Wildman–Crippen MR) is 122 cm³/mol. The highest BCUT2D eigenvalue weighted by Crippen LogP contribution is 2.60. The van der Waals surface area contributed by atoms with E-state index < -0.39 is 0 Å². The van der Waals surface area contributed by atoms with Gasteiger partial charge in [-0.05, 0) is 74.8 Å². The number of amides is 2. The highest BCUT2D eigenvalue weighted by atomic mass is 16.3. The standard InChI is InChI=1S/C26H31N3O3/c30-23-4-2-10-29(23)22-7-5-21(6-8-22)28-9-1-3-20(16-28)27-25(32)26-13-17-11-18(14-26)24(31)19(12-17)15-26/h2,4-8,10,17-20,24,31H,1,3,9,11-16H2/p+1/t17?,18?,19?,20-,24?,26?/m0/s1. The number of benzene rings is 1. The van der Waals surface area contributed by atoms with E-state index in [1.165, 1.54) is 0 Å².